The van der Waals surface area contributed by atoms with Crippen LogP contribution in [0.2, 0.25) is 0 Å². The molecule has 1 aromatic rings. The number of nitrogens with zero attached hydrogens (tertiary/aromatic N) is 1. The molecule has 78 valence electrons. The van der Waals surface area contributed by atoms with Gasteiger partial charge in [0.15, 0.2) is 0 Å². The molecule has 0 fully saturated rings. The van der Waals surface area contributed by atoms with Crippen LogP contribution in [0.5, 0.6) is 0 Å². The summed E-state index contributed by atoms with van der Waals surface area (Å²) in [7, 11) is 3.31. The number of ether oxygens (including phenoxy) is 1. The lowest BCUT2D eigenvalue weighted by atomic mass is 10.2. The average Bonchev–Trinajstić information content (AvgIpc) is 2.65. The lowest BCUT2D eigenvalue weighted by Crippen LogP contribution is -2.28. The van der Waals surface area contributed by atoms with Gasteiger partial charge in [0.1, 0.15) is 6.73 Å². The zero-order valence-electron chi connectivity index (χ0n) is 8.74. The van der Waals surface area contributed by atoms with E-state index >= 15 is 0 Å². The van der Waals surface area contributed by atoms with E-state index in [9.17, 15) is 4.79 Å². The monoisotopic (exact) mass is 213 g/mol. The Kier molecular flexibility index (Phi) is 4.10. The molecule has 0 aromatic carbocycles. The molecule has 0 saturated heterocycles. The number of thiophene rings is 1. The summed E-state index contributed by atoms with van der Waals surface area (Å²) in [6.45, 7) is 2.41. The number of carbonyl (C=O) groups is 1. The summed E-state index contributed by atoms with van der Waals surface area (Å²) in [6, 6.07) is 1.94. The molecule has 0 saturated carbocycles. The first-order chi connectivity index (χ1) is 6.69. The van der Waals surface area contributed by atoms with E-state index in [1.165, 1.54) is 4.88 Å². The highest BCUT2D eigenvalue weighted by Gasteiger charge is 2.12. The van der Waals surface area contributed by atoms with Gasteiger partial charge in [0.25, 0.3) is 5.91 Å². The van der Waals surface area contributed by atoms with Gasteiger partial charge < -0.3 is 9.64 Å². The fourth-order valence-corrected chi connectivity index (χ4v) is 1.96. The van der Waals surface area contributed by atoms with Crippen molar-refractivity contribution in [2.75, 3.05) is 20.9 Å². The molecule has 0 aliphatic rings. The van der Waals surface area contributed by atoms with Gasteiger partial charge in [0.05, 0.1) is 5.56 Å². The molecule has 0 unspecified atom stereocenters. The van der Waals surface area contributed by atoms with E-state index in [2.05, 4.69) is 6.92 Å². The van der Waals surface area contributed by atoms with Gasteiger partial charge in [-0.15, -0.1) is 11.3 Å². The number of hydrogen-bond donors (Lipinski definition) is 0. The fraction of sp³-hybridized carbons (Fsp3) is 0.500. The summed E-state index contributed by atoms with van der Waals surface area (Å²) < 4.78 is 4.89. The van der Waals surface area contributed by atoms with Gasteiger partial charge in [0.2, 0.25) is 0 Å². The number of rotatable bonds is 4. The minimum absolute atomic E-state index is 0.0165. The Morgan fingerprint density at radius 3 is 2.86 bits per heavy atom. The van der Waals surface area contributed by atoms with Crippen molar-refractivity contribution in [1.29, 1.82) is 0 Å². The number of hydrogen-bond acceptors (Lipinski definition) is 3. The second-order valence-electron chi connectivity index (χ2n) is 3.08. The first-order valence-electron chi connectivity index (χ1n) is 4.50. The van der Waals surface area contributed by atoms with E-state index in [1.54, 1.807) is 30.4 Å². The second kappa shape index (κ2) is 5.12. The largest absolute Gasteiger partial charge is 0.364 e. The first-order valence-corrected chi connectivity index (χ1v) is 5.38. The molecule has 14 heavy (non-hydrogen) atoms. The van der Waals surface area contributed by atoms with E-state index in [0.717, 1.165) is 12.0 Å². The minimum Gasteiger partial charge on any atom is -0.364 e. The Morgan fingerprint density at radius 1 is 1.64 bits per heavy atom. The van der Waals surface area contributed by atoms with E-state index < -0.39 is 0 Å². The first kappa shape index (κ1) is 11.2. The van der Waals surface area contributed by atoms with E-state index in [4.69, 9.17) is 4.74 Å². The van der Waals surface area contributed by atoms with Crippen LogP contribution in [0.4, 0.5) is 0 Å². The summed E-state index contributed by atoms with van der Waals surface area (Å²) in [5, 5.41) is 1.90. The summed E-state index contributed by atoms with van der Waals surface area (Å²) in [6.07, 6.45) is 0.978. The van der Waals surface area contributed by atoms with Gasteiger partial charge in [-0.2, -0.15) is 0 Å². The molecule has 1 amide bonds. The molecule has 0 atom stereocenters. The highest BCUT2D eigenvalue weighted by atomic mass is 32.1. The predicted molar refractivity (Wildman–Crippen MR) is 57.7 cm³/mol. The van der Waals surface area contributed by atoms with Crippen molar-refractivity contribution in [2.45, 2.75) is 13.3 Å². The molecule has 0 aliphatic heterocycles. The normalized spacial score (nSPS) is 10.2. The summed E-state index contributed by atoms with van der Waals surface area (Å²) >= 11 is 1.63. The van der Waals surface area contributed by atoms with E-state index in [-0.39, 0.29) is 5.91 Å². The van der Waals surface area contributed by atoms with Gasteiger partial charge in [-0.1, -0.05) is 6.92 Å². The van der Waals surface area contributed by atoms with Gasteiger partial charge in [-0.3, -0.25) is 4.79 Å². The highest BCUT2D eigenvalue weighted by molar-refractivity contribution is 7.10. The van der Waals surface area contributed by atoms with Gasteiger partial charge in [-0.25, -0.2) is 0 Å². The lowest BCUT2D eigenvalue weighted by Gasteiger charge is -2.14. The predicted octanol–water partition coefficient (Wildman–Crippen LogP) is 1.99. The second-order valence-corrected chi connectivity index (χ2v) is 4.07. The van der Waals surface area contributed by atoms with Gasteiger partial charge in [0, 0.05) is 24.4 Å². The molecule has 1 heterocycles. The summed E-state index contributed by atoms with van der Waals surface area (Å²) in [4.78, 5) is 14.5. The summed E-state index contributed by atoms with van der Waals surface area (Å²) in [5.41, 5.74) is 0.756. The van der Waals surface area contributed by atoms with Crippen LogP contribution in [0, 0.1) is 0 Å². The van der Waals surface area contributed by atoms with Crippen molar-refractivity contribution < 1.29 is 9.53 Å². The van der Waals surface area contributed by atoms with E-state index in [1.807, 2.05) is 11.4 Å². The maximum Gasteiger partial charge on any atom is 0.256 e. The minimum atomic E-state index is 0.0165. The quantitative estimate of drug-likeness (QED) is 0.716. The molecule has 0 N–H and O–H groups in total. The molecule has 1 rings (SSSR count). The van der Waals surface area contributed by atoms with Gasteiger partial charge >= 0.3 is 0 Å². The Labute approximate surface area is 88.3 Å². The van der Waals surface area contributed by atoms with Crippen molar-refractivity contribution in [3.8, 4) is 0 Å². The fourth-order valence-electron chi connectivity index (χ4n) is 1.15. The van der Waals surface area contributed by atoms with Crippen LogP contribution in [0.15, 0.2) is 11.4 Å². The molecule has 0 aliphatic carbocycles. The molecule has 0 bridgehead atoms. The molecular weight excluding hydrogens is 198 g/mol. The maximum absolute atomic E-state index is 11.7. The Balaban J connectivity index is 2.68. The van der Waals surface area contributed by atoms with Crippen molar-refractivity contribution in [3.63, 3.8) is 0 Å². The molecule has 0 radical (unpaired) electrons. The summed E-state index contributed by atoms with van der Waals surface area (Å²) in [5.74, 6) is 0.0165. The third-order valence-corrected chi connectivity index (χ3v) is 3.00. The van der Waals surface area contributed by atoms with Crippen LogP contribution >= 0.6 is 11.3 Å². The third kappa shape index (κ3) is 2.56. The molecular formula is C10H15NO2S. The van der Waals surface area contributed by atoms with Gasteiger partial charge in [-0.05, 0) is 12.5 Å². The molecule has 0 spiro atoms. The Bertz CT molecular complexity index is 309. The Morgan fingerprint density at radius 2 is 2.36 bits per heavy atom. The van der Waals surface area contributed by atoms with Crippen LogP contribution in [-0.2, 0) is 11.2 Å². The van der Waals surface area contributed by atoms with Crippen LogP contribution in [0.25, 0.3) is 0 Å². The van der Waals surface area contributed by atoms with Crippen LogP contribution in [0.3, 0.4) is 0 Å². The Hall–Kier alpha value is -0.870. The van der Waals surface area contributed by atoms with Crippen LogP contribution < -0.4 is 0 Å². The van der Waals surface area contributed by atoms with Crippen molar-refractivity contribution in [3.05, 3.63) is 21.9 Å². The van der Waals surface area contributed by atoms with E-state index in [0.29, 0.717) is 6.73 Å². The smallest absolute Gasteiger partial charge is 0.256 e. The number of amides is 1. The molecule has 1 aromatic heterocycles. The van der Waals surface area contributed by atoms with Crippen molar-refractivity contribution in [2.24, 2.45) is 0 Å². The molecule has 4 heteroatoms. The standard InChI is InChI=1S/C10H15NO2S/c1-4-9-5-8(6-14-9)10(12)11(2)7-13-3/h5-6H,4,7H2,1-3H3. The molecule has 3 nitrogen and oxygen atoms in total. The highest BCUT2D eigenvalue weighted by Crippen LogP contribution is 2.16. The lowest BCUT2D eigenvalue weighted by molar-refractivity contribution is 0.0508. The van der Waals surface area contributed by atoms with Crippen molar-refractivity contribution >= 4 is 17.2 Å². The zero-order chi connectivity index (χ0) is 10.6. The maximum atomic E-state index is 11.7. The number of carbonyl (C=O) groups excluding carboxylic acids is 1. The average molecular weight is 213 g/mol. The van der Waals surface area contributed by atoms with Crippen LogP contribution in [-0.4, -0.2) is 31.7 Å². The number of methoxy groups -OCH3 is 1. The van der Waals surface area contributed by atoms with Crippen molar-refractivity contribution in [1.82, 2.24) is 4.90 Å². The van der Waals surface area contributed by atoms with Crippen LogP contribution in [0.1, 0.15) is 22.2 Å². The SMILES string of the molecule is CCc1cc(C(=O)N(C)COC)cs1. The third-order valence-electron chi connectivity index (χ3n) is 1.92. The number of aryl methyl sites for hydroxylation is 1. The zero-order valence-corrected chi connectivity index (χ0v) is 9.56. The topological polar surface area (TPSA) is 29.5 Å².